The van der Waals surface area contributed by atoms with Gasteiger partial charge in [-0.15, -0.1) is 0 Å². The summed E-state index contributed by atoms with van der Waals surface area (Å²) in [4.78, 5) is 48.2. The second-order valence-electron chi connectivity index (χ2n) is 6.22. The van der Waals surface area contributed by atoms with Crippen LogP contribution in [0.3, 0.4) is 0 Å². The molecule has 8 nitrogen and oxygen atoms in total. The molecule has 0 radical (unpaired) electrons. The number of hydrogen-bond acceptors (Lipinski definition) is 4. The van der Waals surface area contributed by atoms with E-state index >= 15 is 0 Å². The van der Waals surface area contributed by atoms with Crippen molar-refractivity contribution >= 4 is 23.8 Å². The zero-order valence-electron chi connectivity index (χ0n) is 12.9. The molecule has 0 spiro atoms. The van der Waals surface area contributed by atoms with Gasteiger partial charge in [0.05, 0.1) is 11.8 Å². The molecule has 2 fully saturated rings. The molecule has 2 unspecified atom stereocenters. The van der Waals surface area contributed by atoms with Crippen LogP contribution in [-0.2, 0) is 19.2 Å². The zero-order valence-corrected chi connectivity index (χ0v) is 12.9. The number of unbranched alkanes of at least 4 members (excludes halogenated alkanes) is 2. The highest BCUT2D eigenvalue weighted by atomic mass is 16.4. The summed E-state index contributed by atoms with van der Waals surface area (Å²) in [6.07, 6.45) is 2.47. The van der Waals surface area contributed by atoms with Gasteiger partial charge in [0.2, 0.25) is 11.8 Å². The van der Waals surface area contributed by atoms with Gasteiger partial charge in [-0.1, -0.05) is 0 Å². The molecule has 2 rings (SSSR count). The highest BCUT2D eigenvalue weighted by molar-refractivity contribution is 5.86. The van der Waals surface area contributed by atoms with Crippen LogP contribution in [0.4, 0.5) is 0 Å². The fraction of sp³-hybridized carbons (Fsp3) is 0.733. The summed E-state index contributed by atoms with van der Waals surface area (Å²) in [6.45, 7) is 1.63. The Morgan fingerprint density at radius 1 is 0.826 bits per heavy atom. The van der Waals surface area contributed by atoms with Gasteiger partial charge in [-0.25, -0.2) is 0 Å². The highest BCUT2D eigenvalue weighted by Gasteiger charge is 2.34. The number of carboxylic acids is 2. The second kappa shape index (κ2) is 7.43. The smallest absolute Gasteiger partial charge is 0.308 e. The van der Waals surface area contributed by atoms with E-state index in [0.29, 0.717) is 13.1 Å². The second-order valence-corrected chi connectivity index (χ2v) is 6.22. The van der Waals surface area contributed by atoms with Gasteiger partial charge >= 0.3 is 11.9 Å². The molecule has 2 heterocycles. The van der Waals surface area contributed by atoms with Crippen LogP contribution in [0.15, 0.2) is 0 Å². The predicted octanol–water partition coefficient (Wildman–Crippen LogP) is 0.0229. The van der Waals surface area contributed by atoms with Crippen molar-refractivity contribution in [1.29, 1.82) is 0 Å². The Hall–Kier alpha value is -2.12. The summed E-state index contributed by atoms with van der Waals surface area (Å²) in [6, 6.07) is 0. The number of aliphatic carboxylic acids is 2. The van der Waals surface area contributed by atoms with Crippen LogP contribution in [-0.4, -0.2) is 69.9 Å². The average Bonchev–Trinajstić information content (AvgIpc) is 3.03. The monoisotopic (exact) mass is 326 g/mol. The van der Waals surface area contributed by atoms with E-state index in [-0.39, 0.29) is 37.7 Å². The van der Waals surface area contributed by atoms with Crippen molar-refractivity contribution in [1.82, 2.24) is 9.80 Å². The Morgan fingerprint density at radius 3 is 1.52 bits per heavy atom. The summed E-state index contributed by atoms with van der Waals surface area (Å²) < 4.78 is 0. The summed E-state index contributed by atoms with van der Waals surface area (Å²) in [5.41, 5.74) is 0. The molecule has 2 atom stereocenters. The number of hydrogen-bond donors (Lipinski definition) is 2. The van der Waals surface area contributed by atoms with Gasteiger partial charge in [-0.2, -0.15) is 0 Å². The molecule has 0 aromatic heterocycles. The fourth-order valence-corrected chi connectivity index (χ4v) is 3.09. The van der Waals surface area contributed by atoms with Gasteiger partial charge < -0.3 is 20.0 Å². The van der Waals surface area contributed by atoms with E-state index in [9.17, 15) is 19.2 Å². The van der Waals surface area contributed by atoms with Crippen LogP contribution >= 0.6 is 0 Å². The van der Waals surface area contributed by atoms with E-state index in [0.717, 1.165) is 19.3 Å². The van der Waals surface area contributed by atoms with Crippen LogP contribution in [0.5, 0.6) is 0 Å². The minimum absolute atomic E-state index is 0.0776. The number of carbonyl (C=O) groups is 4. The largest absolute Gasteiger partial charge is 0.481 e. The molecular formula is C15H22N2O6. The summed E-state index contributed by atoms with van der Waals surface area (Å²) in [5.74, 6) is -3.29. The summed E-state index contributed by atoms with van der Waals surface area (Å²) >= 11 is 0. The van der Waals surface area contributed by atoms with Gasteiger partial charge in [0.1, 0.15) is 0 Å². The maximum atomic E-state index is 11.7. The molecular weight excluding hydrogens is 304 g/mol. The first-order valence-corrected chi connectivity index (χ1v) is 7.89. The highest BCUT2D eigenvalue weighted by Crippen LogP contribution is 2.20. The SMILES string of the molecule is O=C(O)C1CC(=O)N(CCCCCN2CC(C(=O)O)CC2=O)C1. The molecule has 8 heteroatoms. The van der Waals surface area contributed by atoms with Crippen LogP contribution in [0.25, 0.3) is 0 Å². The quantitative estimate of drug-likeness (QED) is 0.608. The minimum Gasteiger partial charge on any atom is -0.481 e. The third-order valence-electron chi connectivity index (χ3n) is 4.48. The topological polar surface area (TPSA) is 115 Å². The zero-order chi connectivity index (χ0) is 17.0. The maximum Gasteiger partial charge on any atom is 0.308 e. The Bertz CT molecular complexity index is 462. The van der Waals surface area contributed by atoms with Gasteiger partial charge in [0.15, 0.2) is 0 Å². The van der Waals surface area contributed by atoms with Crippen molar-refractivity contribution in [2.75, 3.05) is 26.2 Å². The molecule has 0 bridgehead atoms. The molecule has 2 aliphatic heterocycles. The van der Waals surface area contributed by atoms with Crippen molar-refractivity contribution in [2.45, 2.75) is 32.1 Å². The summed E-state index contributed by atoms with van der Waals surface area (Å²) in [7, 11) is 0. The lowest BCUT2D eigenvalue weighted by Gasteiger charge is -2.17. The van der Waals surface area contributed by atoms with Crippen molar-refractivity contribution in [3.05, 3.63) is 0 Å². The lowest BCUT2D eigenvalue weighted by molar-refractivity contribution is -0.142. The van der Waals surface area contributed by atoms with Crippen LogP contribution < -0.4 is 0 Å². The van der Waals surface area contributed by atoms with E-state index in [4.69, 9.17) is 10.2 Å². The van der Waals surface area contributed by atoms with E-state index in [1.807, 2.05) is 0 Å². The van der Waals surface area contributed by atoms with E-state index in [2.05, 4.69) is 0 Å². The van der Waals surface area contributed by atoms with E-state index < -0.39 is 23.8 Å². The average molecular weight is 326 g/mol. The molecule has 0 aromatic rings. The van der Waals surface area contributed by atoms with Crippen molar-refractivity contribution < 1.29 is 29.4 Å². The number of carbonyl (C=O) groups excluding carboxylic acids is 2. The molecule has 2 amide bonds. The molecule has 0 aromatic carbocycles. The van der Waals surface area contributed by atoms with Gasteiger partial charge in [0, 0.05) is 39.0 Å². The van der Waals surface area contributed by atoms with Crippen LogP contribution in [0.2, 0.25) is 0 Å². The van der Waals surface area contributed by atoms with E-state index in [1.165, 1.54) is 0 Å². The molecule has 0 aliphatic carbocycles. The van der Waals surface area contributed by atoms with Crippen LogP contribution in [0.1, 0.15) is 32.1 Å². The number of rotatable bonds is 8. The standard InChI is InChI=1S/C15H22N2O6/c18-12-6-10(14(20)21)8-16(12)4-2-1-3-5-17-9-11(15(22)23)7-13(17)19/h10-11H,1-9H2,(H,20,21)(H,22,23). The molecule has 23 heavy (non-hydrogen) atoms. The number of nitrogens with zero attached hydrogens (tertiary/aromatic N) is 2. The number of carboxylic acid groups (broad SMARTS) is 2. The van der Waals surface area contributed by atoms with Crippen LogP contribution in [0, 0.1) is 11.8 Å². The molecule has 2 aliphatic rings. The number of likely N-dealkylation sites (tertiary alicyclic amines) is 2. The lowest BCUT2D eigenvalue weighted by atomic mass is 10.1. The van der Waals surface area contributed by atoms with E-state index in [1.54, 1.807) is 9.80 Å². The Labute approximate surface area is 134 Å². The third-order valence-corrected chi connectivity index (χ3v) is 4.48. The summed E-state index contributed by atoms with van der Waals surface area (Å²) in [5, 5.41) is 17.8. The Morgan fingerprint density at radius 2 is 1.22 bits per heavy atom. The van der Waals surface area contributed by atoms with Gasteiger partial charge in [-0.3, -0.25) is 19.2 Å². The first-order chi connectivity index (χ1) is 10.9. The van der Waals surface area contributed by atoms with Gasteiger partial charge in [0.25, 0.3) is 0 Å². The normalized spacial score (nSPS) is 24.5. The first-order valence-electron chi connectivity index (χ1n) is 7.89. The maximum absolute atomic E-state index is 11.7. The Kier molecular flexibility index (Phi) is 5.57. The molecule has 0 saturated carbocycles. The van der Waals surface area contributed by atoms with Crippen molar-refractivity contribution in [3.63, 3.8) is 0 Å². The molecule has 128 valence electrons. The van der Waals surface area contributed by atoms with Gasteiger partial charge in [-0.05, 0) is 19.3 Å². The Balaban J connectivity index is 1.61. The third kappa shape index (κ3) is 4.43. The predicted molar refractivity (Wildman–Crippen MR) is 78.5 cm³/mol. The first kappa shape index (κ1) is 17.2. The van der Waals surface area contributed by atoms with Crippen molar-refractivity contribution in [2.24, 2.45) is 11.8 Å². The number of amides is 2. The minimum atomic E-state index is -0.929. The molecule has 2 N–H and O–H groups in total. The fourth-order valence-electron chi connectivity index (χ4n) is 3.09. The lowest BCUT2D eigenvalue weighted by Crippen LogP contribution is -2.28. The van der Waals surface area contributed by atoms with Crippen molar-refractivity contribution in [3.8, 4) is 0 Å². The molecule has 2 saturated heterocycles.